The fraction of sp³-hybridized carbons (Fsp3) is 0.115. The minimum atomic E-state index is -0.542. The van der Waals surface area contributed by atoms with E-state index in [0.717, 1.165) is 57.4 Å². The number of hydrogen-bond donors (Lipinski definition) is 0. The number of pyridine rings is 2. The fourth-order valence-corrected chi connectivity index (χ4v) is 3.97. The Hall–Kier alpha value is -3.93. The molecule has 1 aliphatic rings. The van der Waals surface area contributed by atoms with Crippen LogP contribution in [0.1, 0.15) is 27.9 Å². The summed E-state index contributed by atoms with van der Waals surface area (Å²) in [5.74, 6) is -1.08. The van der Waals surface area contributed by atoms with Crippen molar-refractivity contribution in [2.45, 2.75) is 20.0 Å². The highest BCUT2D eigenvalue weighted by Gasteiger charge is 2.19. The Balaban J connectivity index is 1.47. The van der Waals surface area contributed by atoms with Crippen LogP contribution in [0, 0.1) is 18.6 Å². The Kier molecular flexibility index (Phi) is 4.98. The first kappa shape index (κ1) is 20.0. The van der Waals surface area contributed by atoms with Crippen LogP contribution in [-0.4, -0.2) is 15.3 Å². The normalized spacial score (nSPS) is 12.5. The van der Waals surface area contributed by atoms with Gasteiger partial charge in [-0.1, -0.05) is 12.1 Å². The third-order valence-corrected chi connectivity index (χ3v) is 5.62. The van der Waals surface area contributed by atoms with Crippen molar-refractivity contribution >= 4 is 5.71 Å². The lowest BCUT2D eigenvalue weighted by Gasteiger charge is -2.10. The van der Waals surface area contributed by atoms with Crippen molar-refractivity contribution in [1.29, 1.82) is 0 Å². The van der Waals surface area contributed by atoms with Crippen molar-refractivity contribution in [3.05, 3.63) is 123 Å². The second kappa shape index (κ2) is 7.96. The van der Waals surface area contributed by atoms with Crippen LogP contribution >= 0.6 is 0 Å². The van der Waals surface area contributed by atoms with Gasteiger partial charge in [-0.3, -0.25) is 14.8 Å². The van der Waals surface area contributed by atoms with E-state index in [1.807, 2.05) is 43.3 Å². The quantitative estimate of drug-likeness (QED) is 0.465. The first-order chi connectivity index (χ1) is 15.5. The van der Waals surface area contributed by atoms with Gasteiger partial charge in [-0.15, -0.1) is 0 Å². The number of aliphatic imine (C=N–C) groups is 1. The predicted octanol–water partition coefficient (Wildman–Crippen LogP) is 4.90. The van der Waals surface area contributed by atoms with Gasteiger partial charge < -0.3 is 4.57 Å². The Bertz CT molecular complexity index is 1440. The average Bonchev–Trinajstić information content (AvgIpc) is 3.21. The maximum atomic E-state index is 14.0. The third kappa shape index (κ3) is 3.75. The third-order valence-electron chi connectivity index (χ3n) is 5.62. The van der Waals surface area contributed by atoms with Gasteiger partial charge in [0.2, 0.25) is 0 Å². The number of benzene rings is 2. The Labute approximate surface area is 183 Å². The summed E-state index contributed by atoms with van der Waals surface area (Å²) in [7, 11) is 0. The minimum absolute atomic E-state index is 0.0366. The van der Waals surface area contributed by atoms with Crippen LogP contribution in [-0.2, 0) is 13.1 Å². The van der Waals surface area contributed by atoms with Crippen LogP contribution in [0.5, 0.6) is 0 Å². The topological polar surface area (TPSA) is 47.2 Å². The summed E-state index contributed by atoms with van der Waals surface area (Å²) in [6.07, 6.45) is 3.38. The molecule has 0 bridgehead atoms. The lowest BCUT2D eigenvalue weighted by atomic mass is 9.96. The highest BCUT2D eigenvalue weighted by molar-refractivity contribution is 6.15. The molecule has 3 heterocycles. The van der Waals surface area contributed by atoms with Crippen LogP contribution in [0.4, 0.5) is 8.78 Å². The van der Waals surface area contributed by atoms with Gasteiger partial charge in [0.25, 0.3) is 5.56 Å². The van der Waals surface area contributed by atoms with Gasteiger partial charge >= 0.3 is 0 Å². The van der Waals surface area contributed by atoms with Crippen LogP contribution < -0.4 is 5.56 Å². The molecule has 0 spiro atoms. The van der Waals surface area contributed by atoms with E-state index in [2.05, 4.69) is 4.98 Å². The Morgan fingerprint density at radius 3 is 2.59 bits per heavy atom. The van der Waals surface area contributed by atoms with Crippen LogP contribution in [0.3, 0.4) is 0 Å². The molecule has 0 atom stereocenters. The predicted molar refractivity (Wildman–Crippen MR) is 120 cm³/mol. The van der Waals surface area contributed by atoms with Gasteiger partial charge in [-0.25, -0.2) is 8.78 Å². The monoisotopic (exact) mass is 427 g/mol. The van der Waals surface area contributed by atoms with Crippen molar-refractivity contribution in [3.63, 3.8) is 0 Å². The zero-order valence-corrected chi connectivity index (χ0v) is 17.3. The summed E-state index contributed by atoms with van der Waals surface area (Å²) in [6.45, 7) is 2.53. The van der Waals surface area contributed by atoms with Gasteiger partial charge in [0.1, 0.15) is 11.6 Å². The van der Waals surface area contributed by atoms with Crippen molar-refractivity contribution in [2.75, 3.05) is 0 Å². The van der Waals surface area contributed by atoms with E-state index in [4.69, 9.17) is 4.99 Å². The molecule has 2 aromatic heterocycles. The molecular formula is C26H19F2N3O. The molecular weight excluding hydrogens is 408 g/mol. The second-order valence-corrected chi connectivity index (χ2v) is 7.84. The molecule has 0 radical (unpaired) electrons. The number of hydrogen-bond acceptors (Lipinski definition) is 3. The van der Waals surface area contributed by atoms with E-state index >= 15 is 0 Å². The molecule has 1 aliphatic heterocycles. The second-order valence-electron chi connectivity index (χ2n) is 7.84. The van der Waals surface area contributed by atoms with Crippen molar-refractivity contribution in [3.8, 4) is 11.1 Å². The van der Waals surface area contributed by atoms with E-state index in [9.17, 15) is 13.6 Å². The molecule has 0 saturated heterocycles. The molecule has 4 nitrogen and oxygen atoms in total. The SMILES string of the molecule is Cc1cc(C2=NCc3ccc(-c4ccn(Cc5cc(F)ccc5F)c(=O)c4)cc32)ccn1. The number of fused-ring (bicyclic) bond motifs is 1. The number of aryl methyl sites for hydroxylation is 1. The molecule has 0 amide bonds. The molecule has 6 heteroatoms. The standard InChI is InChI=1S/C26H19F2N3O/c1-16-10-19(6-8-29-16)26-23-12-17(2-3-20(23)14-30-26)18-7-9-31(25(32)13-18)15-21-11-22(27)4-5-24(21)28/h2-13H,14-15H2,1H3. The van der Waals surface area contributed by atoms with Gasteiger partial charge in [-0.2, -0.15) is 0 Å². The minimum Gasteiger partial charge on any atom is -0.311 e. The van der Waals surface area contributed by atoms with E-state index < -0.39 is 11.6 Å². The van der Waals surface area contributed by atoms with Crippen molar-refractivity contribution < 1.29 is 8.78 Å². The summed E-state index contributed by atoms with van der Waals surface area (Å²) in [5.41, 5.74) is 6.52. The number of nitrogens with zero attached hydrogens (tertiary/aromatic N) is 3. The summed E-state index contributed by atoms with van der Waals surface area (Å²) < 4.78 is 28.8. The van der Waals surface area contributed by atoms with E-state index in [1.54, 1.807) is 12.4 Å². The van der Waals surface area contributed by atoms with Crippen LogP contribution in [0.2, 0.25) is 0 Å². The molecule has 0 aliphatic carbocycles. The number of aromatic nitrogens is 2. The summed E-state index contributed by atoms with van der Waals surface area (Å²) in [6, 6.07) is 16.6. The molecule has 4 aromatic rings. The summed E-state index contributed by atoms with van der Waals surface area (Å²) >= 11 is 0. The lowest BCUT2D eigenvalue weighted by molar-refractivity contribution is 0.574. The molecule has 0 N–H and O–H groups in total. The van der Waals surface area contributed by atoms with E-state index in [0.29, 0.717) is 6.54 Å². The molecule has 5 rings (SSSR count). The first-order valence-corrected chi connectivity index (χ1v) is 10.2. The molecule has 0 fully saturated rings. The molecule has 0 unspecified atom stereocenters. The van der Waals surface area contributed by atoms with E-state index in [1.165, 1.54) is 10.6 Å². The maximum absolute atomic E-state index is 14.0. The molecule has 32 heavy (non-hydrogen) atoms. The fourth-order valence-electron chi connectivity index (χ4n) is 3.97. The zero-order valence-electron chi connectivity index (χ0n) is 17.3. The van der Waals surface area contributed by atoms with Gasteiger partial charge in [-0.05, 0) is 66.1 Å². The molecule has 0 saturated carbocycles. The average molecular weight is 427 g/mol. The molecule has 2 aromatic carbocycles. The Morgan fingerprint density at radius 2 is 1.78 bits per heavy atom. The summed E-state index contributed by atoms with van der Waals surface area (Å²) in [4.78, 5) is 21.6. The van der Waals surface area contributed by atoms with Crippen molar-refractivity contribution in [1.82, 2.24) is 9.55 Å². The highest BCUT2D eigenvalue weighted by Crippen LogP contribution is 2.28. The molecule has 158 valence electrons. The largest absolute Gasteiger partial charge is 0.311 e. The van der Waals surface area contributed by atoms with Gasteiger partial charge in [0.05, 0.1) is 18.8 Å². The van der Waals surface area contributed by atoms with Crippen LogP contribution in [0.15, 0.2) is 82.8 Å². The van der Waals surface area contributed by atoms with Gasteiger partial charge in [0, 0.05) is 40.8 Å². The van der Waals surface area contributed by atoms with E-state index in [-0.39, 0.29) is 17.7 Å². The van der Waals surface area contributed by atoms with Gasteiger partial charge in [0.15, 0.2) is 0 Å². The number of halogens is 2. The maximum Gasteiger partial charge on any atom is 0.251 e. The van der Waals surface area contributed by atoms with Crippen LogP contribution in [0.25, 0.3) is 11.1 Å². The Morgan fingerprint density at radius 1 is 0.938 bits per heavy atom. The smallest absolute Gasteiger partial charge is 0.251 e. The first-order valence-electron chi connectivity index (χ1n) is 10.2. The lowest BCUT2D eigenvalue weighted by Crippen LogP contribution is -2.19. The van der Waals surface area contributed by atoms with Crippen molar-refractivity contribution in [2.24, 2.45) is 4.99 Å². The number of rotatable bonds is 4. The highest BCUT2D eigenvalue weighted by atomic mass is 19.1. The zero-order chi connectivity index (χ0) is 22.2. The summed E-state index contributed by atoms with van der Waals surface area (Å²) in [5, 5.41) is 0.